The molecule has 0 atom stereocenters. The maximum atomic E-state index is 13.3. The van der Waals surface area contributed by atoms with E-state index in [0.29, 0.717) is 16.9 Å². The van der Waals surface area contributed by atoms with Crippen LogP contribution >= 0.6 is 11.3 Å². The van der Waals surface area contributed by atoms with E-state index in [9.17, 15) is 9.90 Å². The zero-order valence-electron chi connectivity index (χ0n) is 14.1. The fourth-order valence-corrected chi connectivity index (χ4v) is 4.23. The molecule has 128 valence electrons. The Labute approximate surface area is 155 Å². The zero-order chi connectivity index (χ0) is 18.1. The van der Waals surface area contributed by atoms with Crippen molar-refractivity contribution in [1.29, 1.82) is 0 Å². The Morgan fingerprint density at radius 2 is 1.69 bits per heavy atom. The molecule has 4 aromatic rings. The molecule has 1 N–H and O–H groups in total. The van der Waals surface area contributed by atoms with Crippen molar-refractivity contribution >= 4 is 27.2 Å². The Balaban J connectivity index is 1.93. The molecule has 0 amide bonds. The number of phenols is 1. The van der Waals surface area contributed by atoms with Crippen LogP contribution in [0, 0.1) is 0 Å². The van der Waals surface area contributed by atoms with Gasteiger partial charge in [0.2, 0.25) is 0 Å². The summed E-state index contributed by atoms with van der Waals surface area (Å²) in [6, 6.07) is 22.1. The first-order chi connectivity index (χ1) is 12.7. The van der Waals surface area contributed by atoms with E-state index in [-0.39, 0.29) is 11.5 Å². The van der Waals surface area contributed by atoms with Gasteiger partial charge >= 0.3 is 0 Å². The predicted octanol–water partition coefficient (Wildman–Crippen LogP) is 5.51. The SMILES string of the molecule is COc1ccc(C(=O)c2c(-c3ccccc3)sc3cc(O)ccc23)cc1. The number of benzene rings is 3. The Hall–Kier alpha value is -3.11. The Bertz CT molecular complexity index is 1080. The molecule has 0 aliphatic rings. The molecular weight excluding hydrogens is 344 g/mol. The minimum Gasteiger partial charge on any atom is -0.508 e. The lowest BCUT2D eigenvalue weighted by atomic mass is 9.97. The van der Waals surface area contributed by atoms with Crippen molar-refractivity contribution in [2.75, 3.05) is 7.11 Å². The maximum absolute atomic E-state index is 13.3. The van der Waals surface area contributed by atoms with Gasteiger partial charge in [-0.15, -0.1) is 11.3 Å². The van der Waals surface area contributed by atoms with Gasteiger partial charge in [0.25, 0.3) is 0 Å². The standard InChI is InChI=1S/C22H16O3S/c1-25-17-10-7-14(8-11-17)21(24)20-18-12-9-16(23)13-19(18)26-22(20)15-5-3-2-4-6-15/h2-13,23H,1H3. The number of rotatable bonds is 4. The van der Waals surface area contributed by atoms with Crippen molar-refractivity contribution in [3.8, 4) is 21.9 Å². The minimum atomic E-state index is -0.0385. The second-order valence-electron chi connectivity index (χ2n) is 5.91. The van der Waals surface area contributed by atoms with Gasteiger partial charge < -0.3 is 9.84 Å². The number of ether oxygens (including phenoxy) is 1. The van der Waals surface area contributed by atoms with E-state index < -0.39 is 0 Å². The minimum absolute atomic E-state index is 0.0385. The van der Waals surface area contributed by atoms with Gasteiger partial charge in [-0.25, -0.2) is 0 Å². The molecule has 0 radical (unpaired) electrons. The van der Waals surface area contributed by atoms with Crippen LogP contribution in [-0.4, -0.2) is 18.0 Å². The fraction of sp³-hybridized carbons (Fsp3) is 0.0455. The summed E-state index contributed by atoms with van der Waals surface area (Å²) in [7, 11) is 1.60. The first kappa shape index (κ1) is 16.4. The summed E-state index contributed by atoms with van der Waals surface area (Å²) in [4.78, 5) is 14.2. The van der Waals surface area contributed by atoms with Crippen LogP contribution < -0.4 is 4.74 Å². The second-order valence-corrected chi connectivity index (χ2v) is 6.96. The van der Waals surface area contributed by atoms with Gasteiger partial charge in [0, 0.05) is 26.1 Å². The lowest BCUT2D eigenvalue weighted by molar-refractivity contribution is 0.104. The summed E-state index contributed by atoms with van der Waals surface area (Å²) < 4.78 is 6.07. The number of fused-ring (bicyclic) bond motifs is 1. The Kier molecular flexibility index (Phi) is 4.19. The zero-order valence-corrected chi connectivity index (χ0v) is 14.9. The van der Waals surface area contributed by atoms with Crippen LogP contribution in [0.2, 0.25) is 0 Å². The van der Waals surface area contributed by atoms with Gasteiger partial charge in [0.15, 0.2) is 5.78 Å². The van der Waals surface area contributed by atoms with E-state index in [4.69, 9.17) is 4.74 Å². The van der Waals surface area contributed by atoms with Crippen molar-refractivity contribution in [3.63, 3.8) is 0 Å². The average Bonchev–Trinajstić information content (AvgIpc) is 3.06. The number of methoxy groups -OCH3 is 1. The number of ketones is 1. The molecule has 0 bridgehead atoms. The van der Waals surface area contributed by atoms with E-state index in [2.05, 4.69) is 0 Å². The largest absolute Gasteiger partial charge is 0.508 e. The van der Waals surface area contributed by atoms with Crippen LogP contribution in [-0.2, 0) is 0 Å². The number of hydrogen-bond acceptors (Lipinski definition) is 4. The highest BCUT2D eigenvalue weighted by Gasteiger charge is 2.21. The molecule has 1 aromatic heterocycles. The summed E-state index contributed by atoms with van der Waals surface area (Å²) in [6.45, 7) is 0. The molecule has 26 heavy (non-hydrogen) atoms. The highest BCUT2D eigenvalue weighted by atomic mass is 32.1. The van der Waals surface area contributed by atoms with Gasteiger partial charge in [-0.05, 0) is 48.0 Å². The molecule has 0 spiro atoms. The summed E-state index contributed by atoms with van der Waals surface area (Å²) in [5.41, 5.74) is 2.27. The molecule has 0 saturated heterocycles. The van der Waals surface area contributed by atoms with Crippen LogP contribution in [0.1, 0.15) is 15.9 Å². The molecular formula is C22H16O3S. The summed E-state index contributed by atoms with van der Waals surface area (Å²) in [5.74, 6) is 0.871. The molecule has 0 aliphatic carbocycles. The third kappa shape index (κ3) is 2.85. The van der Waals surface area contributed by atoms with Gasteiger partial charge in [0.05, 0.1) is 7.11 Å². The fourth-order valence-electron chi connectivity index (χ4n) is 2.99. The summed E-state index contributed by atoms with van der Waals surface area (Å²) in [6.07, 6.45) is 0. The quantitative estimate of drug-likeness (QED) is 0.488. The van der Waals surface area contributed by atoms with Crippen molar-refractivity contribution in [2.45, 2.75) is 0 Å². The first-order valence-corrected chi connectivity index (χ1v) is 8.98. The molecule has 4 heteroatoms. The van der Waals surface area contributed by atoms with Crippen molar-refractivity contribution in [1.82, 2.24) is 0 Å². The molecule has 0 saturated carbocycles. The monoisotopic (exact) mass is 360 g/mol. The highest BCUT2D eigenvalue weighted by Crippen LogP contribution is 2.41. The second kappa shape index (κ2) is 6.65. The molecule has 0 fully saturated rings. The van der Waals surface area contributed by atoms with Crippen LogP contribution in [0.25, 0.3) is 20.5 Å². The van der Waals surface area contributed by atoms with E-state index in [1.165, 1.54) is 11.3 Å². The number of hydrogen-bond donors (Lipinski definition) is 1. The number of phenolic OH excluding ortho intramolecular Hbond substituents is 1. The first-order valence-electron chi connectivity index (χ1n) is 8.17. The molecule has 1 heterocycles. The lowest BCUT2D eigenvalue weighted by Crippen LogP contribution is -2.02. The lowest BCUT2D eigenvalue weighted by Gasteiger charge is -2.06. The molecule has 0 aliphatic heterocycles. The van der Waals surface area contributed by atoms with Gasteiger partial charge in [0.1, 0.15) is 11.5 Å². The van der Waals surface area contributed by atoms with Gasteiger partial charge in [-0.1, -0.05) is 30.3 Å². The Morgan fingerprint density at radius 1 is 0.962 bits per heavy atom. The summed E-state index contributed by atoms with van der Waals surface area (Å²) in [5, 5.41) is 10.7. The third-order valence-electron chi connectivity index (χ3n) is 4.29. The average molecular weight is 360 g/mol. The summed E-state index contributed by atoms with van der Waals surface area (Å²) >= 11 is 1.52. The van der Waals surface area contributed by atoms with Gasteiger partial charge in [-0.2, -0.15) is 0 Å². The third-order valence-corrected chi connectivity index (χ3v) is 5.49. The van der Waals surface area contributed by atoms with E-state index >= 15 is 0 Å². The van der Waals surface area contributed by atoms with Crippen molar-refractivity contribution < 1.29 is 14.6 Å². The van der Waals surface area contributed by atoms with E-state index in [0.717, 1.165) is 20.5 Å². The highest BCUT2D eigenvalue weighted by molar-refractivity contribution is 7.22. The number of carbonyl (C=O) groups is 1. The topological polar surface area (TPSA) is 46.5 Å². The van der Waals surface area contributed by atoms with E-state index in [1.54, 1.807) is 43.5 Å². The number of carbonyl (C=O) groups excluding carboxylic acids is 1. The van der Waals surface area contributed by atoms with Gasteiger partial charge in [-0.3, -0.25) is 4.79 Å². The van der Waals surface area contributed by atoms with Crippen LogP contribution in [0.15, 0.2) is 72.8 Å². The van der Waals surface area contributed by atoms with Crippen LogP contribution in [0.4, 0.5) is 0 Å². The van der Waals surface area contributed by atoms with Crippen molar-refractivity contribution in [3.05, 3.63) is 83.9 Å². The number of aromatic hydroxyl groups is 1. The smallest absolute Gasteiger partial charge is 0.195 e. The molecule has 3 nitrogen and oxygen atoms in total. The predicted molar refractivity (Wildman–Crippen MR) is 105 cm³/mol. The van der Waals surface area contributed by atoms with Crippen molar-refractivity contribution in [2.24, 2.45) is 0 Å². The Morgan fingerprint density at radius 3 is 2.38 bits per heavy atom. The molecule has 3 aromatic carbocycles. The normalized spacial score (nSPS) is 10.8. The van der Waals surface area contributed by atoms with Crippen LogP contribution in [0.5, 0.6) is 11.5 Å². The molecule has 0 unspecified atom stereocenters. The van der Waals surface area contributed by atoms with E-state index in [1.807, 2.05) is 36.4 Å². The number of thiophene rings is 1. The van der Waals surface area contributed by atoms with Crippen LogP contribution in [0.3, 0.4) is 0 Å². The molecule has 4 rings (SSSR count). The maximum Gasteiger partial charge on any atom is 0.195 e.